The van der Waals surface area contributed by atoms with Crippen LogP contribution in [0, 0.1) is 0 Å². The predicted molar refractivity (Wildman–Crippen MR) is 116 cm³/mol. The minimum absolute atomic E-state index is 0.216. The van der Waals surface area contributed by atoms with Crippen LogP contribution in [0.5, 0.6) is 11.5 Å². The summed E-state index contributed by atoms with van der Waals surface area (Å²) in [6, 6.07) is 12.7. The van der Waals surface area contributed by atoms with Crippen LogP contribution in [0.2, 0.25) is 5.02 Å². The molecule has 0 bridgehead atoms. The highest BCUT2D eigenvalue weighted by molar-refractivity contribution is 6.30. The van der Waals surface area contributed by atoms with E-state index >= 15 is 0 Å². The molecule has 1 amide bonds. The van der Waals surface area contributed by atoms with E-state index in [0.29, 0.717) is 36.1 Å². The van der Waals surface area contributed by atoms with E-state index in [9.17, 15) is 4.79 Å². The van der Waals surface area contributed by atoms with Crippen LogP contribution in [0.25, 0.3) is 0 Å². The van der Waals surface area contributed by atoms with Crippen molar-refractivity contribution in [2.45, 2.75) is 12.5 Å². The molecule has 0 aliphatic heterocycles. The molecule has 2 aromatic carbocycles. The van der Waals surface area contributed by atoms with Gasteiger partial charge in [-0.05, 0) is 41.8 Å². The maximum Gasteiger partial charge on any atom is 0.253 e. The molecule has 2 rings (SSSR count). The van der Waals surface area contributed by atoms with Crippen molar-refractivity contribution in [1.29, 1.82) is 0 Å². The molecule has 29 heavy (non-hydrogen) atoms. The molecule has 0 saturated heterocycles. The minimum Gasteiger partial charge on any atom is -0.493 e. The number of halogens is 1. The van der Waals surface area contributed by atoms with Gasteiger partial charge in [-0.1, -0.05) is 48.5 Å². The van der Waals surface area contributed by atoms with Crippen molar-refractivity contribution in [3.05, 3.63) is 83.9 Å². The van der Waals surface area contributed by atoms with E-state index in [1.165, 1.54) is 0 Å². The Kier molecular flexibility index (Phi) is 9.28. The van der Waals surface area contributed by atoms with Gasteiger partial charge >= 0.3 is 0 Å². The van der Waals surface area contributed by atoms with Crippen molar-refractivity contribution in [3.63, 3.8) is 0 Å². The smallest absolute Gasteiger partial charge is 0.253 e. The van der Waals surface area contributed by atoms with Crippen LogP contribution < -0.4 is 14.8 Å². The Bertz CT molecular complexity index is 820. The first kappa shape index (κ1) is 22.5. The van der Waals surface area contributed by atoms with Gasteiger partial charge in [0.2, 0.25) is 0 Å². The number of nitrogens with one attached hydrogen (secondary N) is 1. The predicted octanol–water partition coefficient (Wildman–Crippen LogP) is 4.52. The highest BCUT2D eigenvalue weighted by atomic mass is 35.5. The molecule has 0 aliphatic carbocycles. The summed E-state index contributed by atoms with van der Waals surface area (Å²) in [7, 11) is 1.59. The Morgan fingerprint density at radius 2 is 1.83 bits per heavy atom. The van der Waals surface area contributed by atoms with Crippen LogP contribution in [0.15, 0.2) is 67.8 Å². The number of amides is 1. The van der Waals surface area contributed by atoms with Gasteiger partial charge in [0.25, 0.3) is 5.91 Å². The van der Waals surface area contributed by atoms with Gasteiger partial charge < -0.3 is 19.5 Å². The lowest BCUT2D eigenvalue weighted by Crippen LogP contribution is -2.32. The highest BCUT2D eigenvalue weighted by Gasteiger charge is 2.20. The van der Waals surface area contributed by atoms with Gasteiger partial charge in [-0.25, -0.2) is 0 Å². The third-order valence-electron chi connectivity index (χ3n) is 4.09. The highest BCUT2D eigenvalue weighted by Crippen LogP contribution is 2.28. The van der Waals surface area contributed by atoms with Crippen molar-refractivity contribution in [1.82, 2.24) is 5.32 Å². The van der Waals surface area contributed by atoms with Crippen LogP contribution in [0.1, 0.15) is 17.2 Å². The van der Waals surface area contributed by atoms with Crippen molar-refractivity contribution in [3.8, 4) is 11.5 Å². The Morgan fingerprint density at radius 1 is 1.10 bits per heavy atom. The molecule has 1 atom stereocenters. The minimum atomic E-state index is -0.727. The number of ether oxygens (including phenoxy) is 3. The summed E-state index contributed by atoms with van der Waals surface area (Å²) in [6.45, 7) is 8.40. The third kappa shape index (κ3) is 6.97. The summed E-state index contributed by atoms with van der Waals surface area (Å²) in [5.74, 6) is 1.08. The average molecular weight is 416 g/mol. The lowest BCUT2D eigenvalue weighted by molar-refractivity contribution is -0.132. The number of hydrogen-bond acceptors (Lipinski definition) is 4. The standard InChI is InChI=1S/C23H26ClNO4/c1-4-14-28-20-11-6-17(16-21(20)27-3)12-13-25-23(26)22(29-15-5-2)18-7-9-19(24)10-8-18/h4-11,16,22H,1-2,12-15H2,3H3,(H,25,26). The third-order valence-corrected chi connectivity index (χ3v) is 4.34. The SMILES string of the molecule is C=CCOc1ccc(CCNC(=O)C(OCC=C)c2ccc(Cl)cc2)cc1OC. The molecule has 5 nitrogen and oxygen atoms in total. The molecule has 0 spiro atoms. The van der Waals surface area contributed by atoms with Crippen molar-refractivity contribution in [2.75, 3.05) is 26.9 Å². The largest absolute Gasteiger partial charge is 0.493 e. The normalized spacial score (nSPS) is 11.4. The van der Waals surface area contributed by atoms with Gasteiger partial charge in [0, 0.05) is 11.6 Å². The number of rotatable bonds is 12. The van der Waals surface area contributed by atoms with Gasteiger partial charge in [0.15, 0.2) is 17.6 Å². The molecule has 1 N–H and O–H groups in total. The van der Waals surface area contributed by atoms with E-state index in [1.807, 2.05) is 18.2 Å². The van der Waals surface area contributed by atoms with Gasteiger partial charge in [-0.3, -0.25) is 4.79 Å². The van der Waals surface area contributed by atoms with Crippen LogP contribution in [0.3, 0.4) is 0 Å². The Labute approximate surface area is 176 Å². The fraction of sp³-hybridized carbons (Fsp3) is 0.261. The fourth-order valence-electron chi connectivity index (χ4n) is 2.68. The van der Waals surface area contributed by atoms with Crippen LogP contribution in [0.4, 0.5) is 0 Å². The molecule has 6 heteroatoms. The maximum absolute atomic E-state index is 12.7. The van der Waals surface area contributed by atoms with Gasteiger partial charge in [-0.15, -0.1) is 6.58 Å². The second-order valence-electron chi connectivity index (χ2n) is 6.18. The average Bonchev–Trinajstić information content (AvgIpc) is 2.74. The lowest BCUT2D eigenvalue weighted by Gasteiger charge is -2.17. The Hall–Kier alpha value is -2.76. The van der Waals surface area contributed by atoms with E-state index in [-0.39, 0.29) is 12.5 Å². The second kappa shape index (κ2) is 11.9. The molecule has 0 saturated carbocycles. The summed E-state index contributed by atoms with van der Waals surface area (Å²) in [5.41, 5.74) is 1.75. The van der Waals surface area contributed by atoms with E-state index in [4.69, 9.17) is 25.8 Å². The van der Waals surface area contributed by atoms with Gasteiger partial charge in [0.1, 0.15) is 6.61 Å². The van der Waals surface area contributed by atoms with Gasteiger partial charge in [-0.2, -0.15) is 0 Å². The molecule has 0 aliphatic rings. The van der Waals surface area contributed by atoms with E-state index in [1.54, 1.807) is 43.5 Å². The summed E-state index contributed by atoms with van der Waals surface area (Å²) in [5, 5.41) is 3.53. The summed E-state index contributed by atoms with van der Waals surface area (Å²) in [4.78, 5) is 12.7. The Balaban J connectivity index is 1.97. The first-order chi connectivity index (χ1) is 14.1. The molecule has 0 radical (unpaired) electrons. The monoisotopic (exact) mass is 415 g/mol. The zero-order chi connectivity index (χ0) is 21.1. The van der Waals surface area contributed by atoms with Crippen molar-refractivity contribution < 1.29 is 19.0 Å². The molecule has 0 heterocycles. The topological polar surface area (TPSA) is 56.8 Å². The van der Waals surface area contributed by atoms with Crippen LogP contribution >= 0.6 is 11.6 Å². The summed E-state index contributed by atoms with van der Waals surface area (Å²) < 4.78 is 16.6. The lowest BCUT2D eigenvalue weighted by atomic mass is 10.1. The van der Waals surface area contributed by atoms with E-state index in [0.717, 1.165) is 11.1 Å². The number of benzene rings is 2. The fourth-order valence-corrected chi connectivity index (χ4v) is 2.81. The molecule has 154 valence electrons. The van der Waals surface area contributed by atoms with Crippen molar-refractivity contribution >= 4 is 17.5 Å². The zero-order valence-electron chi connectivity index (χ0n) is 16.5. The summed E-state index contributed by atoms with van der Waals surface area (Å²) >= 11 is 5.93. The van der Waals surface area contributed by atoms with Gasteiger partial charge in [0.05, 0.1) is 13.7 Å². The van der Waals surface area contributed by atoms with Crippen molar-refractivity contribution in [2.24, 2.45) is 0 Å². The Morgan fingerprint density at radius 3 is 2.48 bits per heavy atom. The zero-order valence-corrected chi connectivity index (χ0v) is 17.3. The molecular weight excluding hydrogens is 390 g/mol. The molecule has 0 fully saturated rings. The molecule has 0 aromatic heterocycles. The summed E-state index contributed by atoms with van der Waals surface area (Å²) in [6.07, 6.45) is 3.19. The maximum atomic E-state index is 12.7. The molecule has 1 unspecified atom stereocenters. The molecule has 2 aromatic rings. The van der Waals surface area contributed by atoms with E-state index in [2.05, 4.69) is 18.5 Å². The molecular formula is C23H26ClNO4. The van der Waals surface area contributed by atoms with Crippen LogP contribution in [-0.4, -0.2) is 32.8 Å². The quantitative estimate of drug-likeness (QED) is 0.518. The van der Waals surface area contributed by atoms with E-state index < -0.39 is 6.10 Å². The first-order valence-corrected chi connectivity index (χ1v) is 9.63. The van der Waals surface area contributed by atoms with Crippen LogP contribution in [-0.2, 0) is 16.0 Å². The first-order valence-electron chi connectivity index (χ1n) is 9.25. The second-order valence-corrected chi connectivity index (χ2v) is 6.62. The number of hydrogen-bond donors (Lipinski definition) is 1. The number of methoxy groups -OCH3 is 1. The number of carbonyl (C=O) groups excluding carboxylic acids is 1. The number of carbonyl (C=O) groups is 1.